The van der Waals surface area contributed by atoms with Gasteiger partial charge in [0.25, 0.3) is 0 Å². The van der Waals surface area contributed by atoms with Crippen molar-refractivity contribution in [2.24, 2.45) is 0 Å². The minimum absolute atomic E-state index is 0.238. The van der Waals surface area contributed by atoms with Crippen LogP contribution in [0.1, 0.15) is 10.4 Å². The molecule has 5 heteroatoms. The van der Waals surface area contributed by atoms with Crippen molar-refractivity contribution in [3.8, 4) is 0 Å². The van der Waals surface area contributed by atoms with Crippen molar-refractivity contribution < 1.29 is 19.6 Å². The number of ether oxygens (including phenoxy) is 1. The minimum atomic E-state index is -1.57. The van der Waals surface area contributed by atoms with Crippen LogP contribution in [0.2, 0.25) is 0 Å². The highest BCUT2D eigenvalue weighted by atomic mass is 16.4. The Morgan fingerprint density at radius 1 is 1.29 bits per heavy atom. The summed E-state index contributed by atoms with van der Waals surface area (Å²) in [5, 5.41) is 17.5. The molecule has 0 aliphatic carbocycles. The van der Waals surface area contributed by atoms with Crippen LogP contribution >= 0.6 is 0 Å². The Labute approximate surface area is 83.3 Å². The van der Waals surface area contributed by atoms with Gasteiger partial charge in [0.05, 0.1) is 0 Å². The predicted molar refractivity (Wildman–Crippen MR) is 54.6 cm³/mol. The zero-order valence-corrected chi connectivity index (χ0v) is 8.18. The van der Waals surface area contributed by atoms with Crippen molar-refractivity contribution >= 4 is 18.9 Å². The fraction of sp³-hybridized carbons (Fsp3) is 0.222. The number of hydrogen-bond donors (Lipinski definition) is 2. The molecule has 0 unspecified atom stereocenters. The van der Waals surface area contributed by atoms with Crippen molar-refractivity contribution in [2.45, 2.75) is 0 Å². The molecule has 0 saturated carbocycles. The zero-order valence-electron chi connectivity index (χ0n) is 8.18. The lowest BCUT2D eigenvalue weighted by Crippen LogP contribution is -2.32. The van der Waals surface area contributed by atoms with Crippen LogP contribution in [0.4, 0.5) is 0 Å². The number of aldehydes is 1. The number of hydrogen-bond acceptors (Lipinski definition) is 4. The molecule has 4 nitrogen and oxygen atoms in total. The molecule has 0 saturated heterocycles. The third kappa shape index (κ3) is 4.18. The summed E-state index contributed by atoms with van der Waals surface area (Å²) >= 11 is 0. The van der Waals surface area contributed by atoms with E-state index in [1.165, 1.54) is 12.1 Å². The van der Waals surface area contributed by atoms with Gasteiger partial charge in [-0.1, -0.05) is 24.3 Å². The highest BCUT2D eigenvalue weighted by Gasteiger charge is 2.13. The highest BCUT2D eigenvalue weighted by molar-refractivity contribution is 6.60. The van der Waals surface area contributed by atoms with Crippen LogP contribution in [0.3, 0.4) is 0 Å². The number of benzene rings is 1. The van der Waals surface area contributed by atoms with Gasteiger partial charge in [-0.05, 0) is 5.46 Å². The molecule has 0 heterocycles. The van der Waals surface area contributed by atoms with Crippen LogP contribution in [0.25, 0.3) is 0 Å². The molecule has 14 heavy (non-hydrogen) atoms. The summed E-state index contributed by atoms with van der Waals surface area (Å²) in [6, 6.07) is 6.33. The van der Waals surface area contributed by atoms with E-state index in [4.69, 9.17) is 10.0 Å². The molecule has 0 aliphatic heterocycles. The van der Waals surface area contributed by atoms with Crippen LogP contribution < -0.4 is 5.46 Å². The number of methoxy groups -OCH3 is 1. The first-order valence-electron chi connectivity index (χ1n) is 3.97. The number of carbonyl (C=O) groups is 1. The molecular weight excluding hydrogens is 183 g/mol. The molecule has 0 fully saturated rings. The lowest BCUT2D eigenvalue weighted by Gasteiger charge is -2.00. The Bertz CT molecular complexity index is 275. The largest absolute Gasteiger partial charge is 0.489 e. The molecule has 1 aromatic rings. The van der Waals surface area contributed by atoms with Gasteiger partial charge in [0, 0.05) is 19.8 Å². The Balaban J connectivity index is 0.000000500. The normalized spacial score (nSPS) is 8.57. The summed E-state index contributed by atoms with van der Waals surface area (Å²) in [7, 11) is 1.68. The zero-order chi connectivity index (χ0) is 11.0. The average molecular weight is 196 g/mol. The molecule has 0 atom stereocenters. The maximum Gasteiger partial charge on any atom is 0.489 e. The lowest BCUT2D eigenvalue weighted by atomic mass is 9.77. The number of rotatable bonds is 2. The second-order valence-electron chi connectivity index (χ2n) is 2.53. The van der Waals surface area contributed by atoms with Gasteiger partial charge in [0.2, 0.25) is 0 Å². The van der Waals surface area contributed by atoms with E-state index in [-0.39, 0.29) is 5.46 Å². The van der Waals surface area contributed by atoms with Gasteiger partial charge in [0.15, 0.2) is 0 Å². The summed E-state index contributed by atoms with van der Waals surface area (Å²) in [6.45, 7) is 0. The van der Waals surface area contributed by atoms with E-state index in [2.05, 4.69) is 4.74 Å². The van der Waals surface area contributed by atoms with E-state index in [9.17, 15) is 4.79 Å². The van der Waals surface area contributed by atoms with Crippen molar-refractivity contribution in [2.75, 3.05) is 14.2 Å². The van der Waals surface area contributed by atoms with Gasteiger partial charge < -0.3 is 14.8 Å². The van der Waals surface area contributed by atoms with Crippen LogP contribution in [-0.2, 0) is 4.74 Å². The van der Waals surface area contributed by atoms with Gasteiger partial charge in [-0.25, -0.2) is 0 Å². The number of carbonyl (C=O) groups excluding carboxylic acids is 1. The molecule has 0 amide bonds. The maximum atomic E-state index is 10.3. The van der Waals surface area contributed by atoms with E-state index in [0.29, 0.717) is 11.8 Å². The van der Waals surface area contributed by atoms with Gasteiger partial charge in [-0.2, -0.15) is 0 Å². The standard InChI is InChI=1S/C7H7BO3.C2H6O/c9-5-6-3-1-2-4-7(6)8(10)11;1-3-2/h1-5,10-11H;1-2H3. The predicted octanol–water partition coefficient (Wildman–Crippen LogP) is -0.559. The summed E-state index contributed by atoms with van der Waals surface area (Å²) in [5.41, 5.74) is 0.546. The molecule has 0 aromatic heterocycles. The molecule has 0 radical (unpaired) electrons. The van der Waals surface area contributed by atoms with E-state index in [0.717, 1.165) is 0 Å². The second-order valence-corrected chi connectivity index (χ2v) is 2.53. The Hall–Kier alpha value is -1.17. The summed E-state index contributed by atoms with van der Waals surface area (Å²) in [5.74, 6) is 0. The van der Waals surface area contributed by atoms with Crippen LogP contribution in [0.15, 0.2) is 24.3 Å². The summed E-state index contributed by atoms with van der Waals surface area (Å²) < 4.78 is 4.25. The first-order chi connectivity index (χ1) is 6.67. The van der Waals surface area contributed by atoms with Crippen molar-refractivity contribution in [1.82, 2.24) is 0 Å². The quantitative estimate of drug-likeness (QED) is 0.491. The average Bonchev–Trinajstić information content (AvgIpc) is 2.19. The van der Waals surface area contributed by atoms with Crippen LogP contribution in [-0.4, -0.2) is 37.7 Å². The molecule has 0 aliphatic rings. The molecule has 0 bridgehead atoms. The van der Waals surface area contributed by atoms with E-state index < -0.39 is 7.12 Å². The van der Waals surface area contributed by atoms with Crippen molar-refractivity contribution in [1.29, 1.82) is 0 Å². The summed E-state index contributed by atoms with van der Waals surface area (Å²) in [6.07, 6.45) is 0.592. The first kappa shape index (κ1) is 12.8. The van der Waals surface area contributed by atoms with Crippen molar-refractivity contribution in [3.05, 3.63) is 29.8 Å². The van der Waals surface area contributed by atoms with E-state index in [1.807, 2.05) is 0 Å². The first-order valence-corrected chi connectivity index (χ1v) is 3.97. The van der Waals surface area contributed by atoms with Gasteiger partial charge >= 0.3 is 7.12 Å². The molecule has 1 rings (SSSR count). The molecular formula is C9H13BO4. The monoisotopic (exact) mass is 196 g/mol. The van der Waals surface area contributed by atoms with Gasteiger partial charge in [0.1, 0.15) is 6.29 Å². The van der Waals surface area contributed by atoms with Gasteiger partial charge in [-0.15, -0.1) is 0 Å². The molecule has 2 N–H and O–H groups in total. The van der Waals surface area contributed by atoms with Crippen molar-refractivity contribution in [3.63, 3.8) is 0 Å². The smallest absolute Gasteiger partial charge is 0.423 e. The SMILES string of the molecule is COC.O=Cc1ccccc1B(O)O. The van der Waals surface area contributed by atoms with E-state index >= 15 is 0 Å². The maximum absolute atomic E-state index is 10.3. The van der Waals surface area contributed by atoms with Crippen LogP contribution in [0, 0.1) is 0 Å². The molecule has 1 aromatic carbocycles. The Morgan fingerprint density at radius 2 is 1.79 bits per heavy atom. The third-order valence-corrected chi connectivity index (χ3v) is 1.40. The summed E-state index contributed by atoms with van der Waals surface area (Å²) in [4.78, 5) is 10.3. The second kappa shape index (κ2) is 7.26. The molecule has 76 valence electrons. The Morgan fingerprint density at radius 3 is 2.14 bits per heavy atom. The topological polar surface area (TPSA) is 66.8 Å². The van der Waals surface area contributed by atoms with Crippen LogP contribution in [0.5, 0.6) is 0 Å². The Kier molecular flexibility index (Phi) is 6.65. The highest BCUT2D eigenvalue weighted by Crippen LogP contribution is 1.92. The van der Waals surface area contributed by atoms with Gasteiger partial charge in [-0.3, -0.25) is 4.79 Å². The minimum Gasteiger partial charge on any atom is -0.423 e. The third-order valence-electron chi connectivity index (χ3n) is 1.40. The molecule has 0 spiro atoms. The fourth-order valence-corrected chi connectivity index (χ4v) is 0.853. The van der Waals surface area contributed by atoms with E-state index in [1.54, 1.807) is 26.4 Å². The fourth-order valence-electron chi connectivity index (χ4n) is 0.853. The lowest BCUT2D eigenvalue weighted by molar-refractivity contribution is 0.112.